The van der Waals surface area contributed by atoms with E-state index in [1.807, 2.05) is 0 Å². The van der Waals surface area contributed by atoms with Crippen LogP contribution in [0, 0.1) is 5.95 Å². The van der Waals surface area contributed by atoms with Gasteiger partial charge in [0, 0.05) is 17.8 Å². The lowest BCUT2D eigenvalue weighted by Crippen LogP contribution is -2.17. The van der Waals surface area contributed by atoms with Gasteiger partial charge in [-0.1, -0.05) is 11.6 Å². The van der Waals surface area contributed by atoms with Gasteiger partial charge in [-0.3, -0.25) is 0 Å². The fourth-order valence-electron chi connectivity index (χ4n) is 1.22. The number of pyridine rings is 1. The molecule has 2 aromatic rings. The lowest BCUT2D eigenvalue weighted by atomic mass is 10.2. The normalized spacial score (nSPS) is 10.1. The molecule has 0 atom stereocenters. The number of ether oxygens (including phenoxy) is 1. The van der Waals surface area contributed by atoms with Crippen molar-refractivity contribution in [2.45, 2.75) is 0 Å². The minimum atomic E-state index is -0.991. The largest absolute Gasteiger partial charge is 0.411 e. The number of nitrogens with zero attached hydrogens (tertiary/aromatic N) is 3. The number of halogens is 2. The molecule has 1 amide bonds. The topological polar surface area (TPSA) is 91.0 Å². The molecule has 0 saturated carbocycles. The van der Waals surface area contributed by atoms with Crippen molar-refractivity contribution in [2.75, 3.05) is 0 Å². The summed E-state index contributed by atoms with van der Waals surface area (Å²) in [6, 6.07) is 2.70. The molecule has 2 heterocycles. The second-order valence-electron chi connectivity index (χ2n) is 3.16. The zero-order chi connectivity index (χ0) is 13.1. The summed E-state index contributed by atoms with van der Waals surface area (Å²) >= 11 is 5.60. The average molecular weight is 269 g/mol. The third-order valence-corrected chi connectivity index (χ3v) is 2.20. The molecule has 0 aromatic carbocycles. The molecule has 0 spiro atoms. The SMILES string of the molecule is NC(=O)Oc1cc(-c2cnc(F)c(Cl)c2)ncn1. The Morgan fingerprint density at radius 3 is 2.78 bits per heavy atom. The molecule has 6 nitrogen and oxygen atoms in total. The van der Waals surface area contributed by atoms with Crippen molar-refractivity contribution in [1.82, 2.24) is 15.0 Å². The first-order valence-corrected chi connectivity index (χ1v) is 5.05. The molecule has 2 N–H and O–H groups in total. The van der Waals surface area contributed by atoms with Gasteiger partial charge in [-0.2, -0.15) is 4.39 Å². The standard InChI is InChI=1S/C10H6ClFN4O2/c11-6-1-5(3-14-9(6)12)7-2-8(16-4-15-7)18-10(13)17/h1-4H,(H2,13,17). The van der Waals surface area contributed by atoms with Crippen LogP contribution < -0.4 is 10.5 Å². The summed E-state index contributed by atoms with van der Waals surface area (Å²) in [5.74, 6) is -0.795. The molecule has 0 saturated heterocycles. The van der Waals surface area contributed by atoms with E-state index in [2.05, 4.69) is 19.7 Å². The van der Waals surface area contributed by atoms with Gasteiger partial charge in [0.2, 0.25) is 11.8 Å². The molecule has 0 radical (unpaired) electrons. The van der Waals surface area contributed by atoms with Crippen molar-refractivity contribution in [3.63, 3.8) is 0 Å². The van der Waals surface area contributed by atoms with E-state index in [9.17, 15) is 9.18 Å². The van der Waals surface area contributed by atoms with Gasteiger partial charge in [-0.25, -0.2) is 19.7 Å². The lowest BCUT2D eigenvalue weighted by Gasteiger charge is -2.03. The van der Waals surface area contributed by atoms with E-state index in [4.69, 9.17) is 17.3 Å². The van der Waals surface area contributed by atoms with Gasteiger partial charge in [-0.05, 0) is 6.07 Å². The number of carbonyl (C=O) groups is 1. The van der Waals surface area contributed by atoms with E-state index in [0.29, 0.717) is 11.3 Å². The average Bonchev–Trinajstić information content (AvgIpc) is 2.32. The van der Waals surface area contributed by atoms with Crippen LogP contribution in [0.5, 0.6) is 5.88 Å². The molecule has 0 aliphatic rings. The molecule has 0 fully saturated rings. The van der Waals surface area contributed by atoms with E-state index in [-0.39, 0.29) is 10.9 Å². The molecule has 18 heavy (non-hydrogen) atoms. The minimum Gasteiger partial charge on any atom is -0.391 e. The van der Waals surface area contributed by atoms with Crippen molar-refractivity contribution in [1.29, 1.82) is 0 Å². The third kappa shape index (κ3) is 2.69. The van der Waals surface area contributed by atoms with E-state index >= 15 is 0 Å². The Kier molecular flexibility index (Phi) is 3.33. The van der Waals surface area contributed by atoms with Crippen molar-refractivity contribution >= 4 is 17.7 Å². The Balaban J connectivity index is 2.38. The molecule has 2 aromatic heterocycles. The number of rotatable bonds is 2. The maximum absolute atomic E-state index is 12.9. The summed E-state index contributed by atoms with van der Waals surface area (Å²) in [7, 11) is 0. The predicted molar refractivity (Wildman–Crippen MR) is 60.4 cm³/mol. The van der Waals surface area contributed by atoms with Crippen LogP contribution in [0.1, 0.15) is 0 Å². The molecular formula is C10H6ClFN4O2. The van der Waals surface area contributed by atoms with E-state index in [1.165, 1.54) is 24.7 Å². The Labute approximate surface area is 106 Å². The molecule has 92 valence electrons. The van der Waals surface area contributed by atoms with Gasteiger partial charge in [0.1, 0.15) is 6.33 Å². The molecular weight excluding hydrogens is 263 g/mol. The quantitative estimate of drug-likeness (QED) is 0.839. The Hall–Kier alpha value is -2.28. The number of hydrogen-bond donors (Lipinski definition) is 1. The van der Waals surface area contributed by atoms with Gasteiger partial charge in [-0.15, -0.1) is 0 Å². The van der Waals surface area contributed by atoms with Gasteiger partial charge < -0.3 is 10.5 Å². The maximum Gasteiger partial charge on any atom is 0.411 e. The highest BCUT2D eigenvalue weighted by atomic mass is 35.5. The van der Waals surface area contributed by atoms with Crippen molar-refractivity contribution in [3.05, 3.63) is 35.6 Å². The number of amides is 1. The fraction of sp³-hybridized carbons (Fsp3) is 0. The molecule has 0 bridgehead atoms. The number of primary amides is 1. The smallest absolute Gasteiger partial charge is 0.391 e. The highest BCUT2D eigenvalue weighted by Gasteiger charge is 2.08. The second kappa shape index (κ2) is 4.92. The Morgan fingerprint density at radius 2 is 2.11 bits per heavy atom. The summed E-state index contributed by atoms with van der Waals surface area (Å²) in [6.45, 7) is 0. The summed E-state index contributed by atoms with van der Waals surface area (Å²) in [5.41, 5.74) is 5.68. The first-order valence-electron chi connectivity index (χ1n) is 4.67. The van der Waals surface area contributed by atoms with Crippen LogP contribution in [-0.2, 0) is 0 Å². The molecule has 0 aliphatic heterocycles. The number of carbonyl (C=O) groups excluding carboxylic acids is 1. The van der Waals surface area contributed by atoms with Crippen LogP contribution in [-0.4, -0.2) is 21.0 Å². The second-order valence-corrected chi connectivity index (χ2v) is 3.57. The fourth-order valence-corrected chi connectivity index (χ4v) is 1.38. The van der Waals surface area contributed by atoms with Crippen LogP contribution in [0.2, 0.25) is 5.02 Å². The highest BCUT2D eigenvalue weighted by molar-refractivity contribution is 6.30. The van der Waals surface area contributed by atoms with E-state index < -0.39 is 12.0 Å². The predicted octanol–water partition coefficient (Wildman–Crippen LogP) is 1.79. The van der Waals surface area contributed by atoms with Crippen molar-refractivity contribution in [3.8, 4) is 17.1 Å². The Morgan fingerprint density at radius 1 is 1.33 bits per heavy atom. The molecule has 8 heteroatoms. The number of nitrogens with two attached hydrogens (primary N) is 1. The zero-order valence-electron chi connectivity index (χ0n) is 8.80. The van der Waals surface area contributed by atoms with Crippen LogP contribution in [0.4, 0.5) is 9.18 Å². The van der Waals surface area contributed by atoms with Crippen molar-refractivity contribution < 1.29 is 13.9 Å². The lowest BCUT2D eigenvalue weighted by molar-refractivity contribution is 0.209. The van der Waals surface area contributed by atoms with Gasteiger partial charge in [0.05, 0.1) is 10.7 Å². The first kappa shape index (κ1) is 12.2. The van der Waals surface area contributed by atoms with Crippen molar-refractivity contribution in [2.24, 2.45) is 5.73 Å². The zero-order valence-corrected chi connectivity index (χ0v) is 9.56. The summed E-state index contributed by atoms with van der Waals surface area (Å²) in [5, 5.41) is -0.136. The summed E-state index contributed by atoms with van der Waals surface area (Å²) in [6.07, 6.45) is 1.43. The highest BCUT2D eigenvalue weighted by Crippen LogP contribution is 2.23. The Bertz CT molecular complexity index is 608. The molecule has 2 rings (SSSR count). The molecule has 0 aliphatic carbocycles. The van der Waals surface area contributed by atoms with E-state index in [1.54, 1.807) is 0 Å². The van der Waals surface area contributed by atoms with Gasteiger partial charge >= 0.3 is 6.09 Å². The van der Waals surface area contributed by atoms with Crippen LogP contribution in [0.15, 0.2) is 24.7 Å². The first-order chi connectivity index (χ1) is 8.56. The van der Waals surface area contributed by atoms with Crippen LogP contribution >= 0.6 is 11.6 Å². The van der Waals surface area contributed by atoms with Gasteiger partial charge in [0.25, 0.3) is 0 Å². The van der Waals surface area contributed by atoms with Crippen LogP contribution in [0.3, 0.4) is 0 Å². The monoisotopic (exact) mass is 268 g/mol. The number of hydrogen-bond acceptors (Lipinski definition) is 5. The van der Waals surface area contributed by atoms with Crippen LogP contribution in [0.25, 0.3) is 11.3 Å². The number of aromatic nitrogens is 3. The minimum absolute atomic E-state index is 0.0204. The van der Waals surface area contributed by atoms with Gasteiger partial charge in [0.15, 0.2) is 0 Å². The molecule has 0 unspecified atom stereocenters. The van der Waals surface area contributed by atoms with E-state index in [0.717, 1.165) is 0 Å². The third-order valence-electron chi connectivity index (χ3n) is 1.94. The maximum atomic E-state index is 12.9. The summed E-state index contributed by atoms with van der Waals surface area (Å²) in [4.78, 5) is 21.6. The summed E-state index contributed by atoms with van der Waals surface area (Å²) < 4.78 is 17.5.